The van der Waals surface area contributed by atoms with Crippen molar-refractivity contribution in [3.63, 3.8) is 0 Å². The molecule has 1 aliphatic carbocycles. The van der Waals surface area contributed by atoms with E-state index in [4.69, 9.17) is 0 Å². The Morgan fingerprint density at radius 2 is 1.95 bits per heavy atom. The minimum atomic E-state index is -0.927. The van der Waals surface area contributed by atoms with Crippen LogP contribution in [0.25, 0.3) is 0 Å². The van der Waals surface area contributed by atoms with Gasteiger partial charge in [0, 0.05) is 30.5 Å². The lowest BCUT2D eigenvalue weighted by atomic mass is 9.90. The van der Waals surface area contributed by atoms with Crippen LogP contribution in [0, 0.1) is 23.0 Å². The van der Waals surface area contributed by atoms with Crippen LogP contribution >= 0.6 is 0 Å². The van der Waals surface area contributed by atoms with Gasteiger partial charge in [0.05, 0.1) is 5.41 Å². The molecule has 1 N–H and O–H groups in total. The summed E-state index contributed by atoms with van der Waals surface area (Å²) >= 11 is 0. The number of carboxylic acids is 1. The molecule has 2 aliphatic rings. The molecule has 3 rings (SSSR count). The van der Waals surface area contributed by atoms with Gasteiger partial charge in [-0.25, -0.2) is 8.78 Å². The van der Waals surface area contributed by atoms with Crippen molar-refractivity contribution < 1.29 is 23.5 Å². The highest BCUT2D eigenvalue weighted by molar-refractivity contribution is 5.85. The fraction of sp³-hybridized carbons (Fsp3) is 0.500. The molecule has 2 fully saturated rings. The molecule has 0 aromatic heterocycles. The van der Waals surface area contributed by atoms with Crippen LogP contribution in [0.3, 0.4) is 0 Å². The first-order chi connectivity index (χ1) is 10.3. The van der Waals surface area contributed by atoms with Gasteiger partial charge in [-0.3, -0.25) is 9.59 Å². The van der Waals surface area contributed by atoms with Crippen LogP contribution in [0.15, 0.2) is 18.2 Å². The molecule has 22 heavy (non-hydrogen) atoms. The average Bonchev–Trinajstić information content (AvgIpc) is 3.12. The summed E-state index contributed by atoms with van der Waals surface area (Å²) in [6.07, 6.45) is 0.816. The third-order valence-electron chi connectivity index (χ3n) is 4.78. The molecule has 118 valence electrons. The number of halogens is 2. The molecule has 1 heterocycles. The number of likely N-dealkylation sites (tertiary alicyclic amines) is 1. The molecule has 1 aromatic carbocycles. The third kappa shape index (κ3) is 2.36. The van der Waals surface area contributed by atoms with Crippen molar-refractivity contribution in [3.8, 4) is 0 Å². The summed E-state index contributed by atoms with van der Waals surface area (Å²) < 4.78 is 27.5. The van der Waals surface area contributed by atoms with E-state index in [1.54, 1.807) is 6.92 Å². The van der Waals surface area contributed by atoms with Crippen molar-refractivity contribution in [1.29, 1.82) is 0 Å². The van der Waals surface area contributed by atoms with Crippen LogP contribution in [-0.4, -0.2) is 35.0 Å². The van der Waals surface area contributed by atoms with E-state index >= 15 is 0 Å². The zero-order valence-electron chi connectivity index (χ0n) is 12.2. The van der Waals surface area contributed by atoms with Gasteiger partial charge in [-0.1, -0.05) is 6.07 Å². The highest BCUT2D eigenvalue weighted by atomic mass is 19.1. The third-order valence-corrected chi connectivity index (χ3v) is 4.78. The average molecular weight is 309 g/mol. The number of nitrogens with zero attached hydrogens (tertiary/aromatic N) is 1. The molecule has 1 aliphatic heterocycles. The van der Waals surface area contributed by atoms with Gasteiger partial charge in [-0.2, -0.15) is 0 Å². The molecule has 1 saturated heterocycles. The monoisotopic (exact) mass is 309 g/mol. The number of carbonyl (C=O) groups is 2. The topological polar surface area (TPSA) is 57.6 Å². The van der Waals surface area contributed by atoms with E-state index in [1.165, 1.54) is 23.1 Å². The van der Waals surface area contributed by atoms with E-state index in [9.17, 15) is 23.5 Å². The van der Waals surface area contributed by atoms with Gasteiger partial charge in [0.25, 0.3) is 0 Å². The standard InChI is InChI=1S/C16H17F2NO3/c1-16(15(21)22)5-6-19(8-16)14(20)10-7-9(10)13-11(17)3-2-4-12(13)18/h2-4,9-10H,5-8H2,1H3,(H,21,22). The Hall–Kier alpha value is -1.98. The molecule has 0 spiro atoms. The number of carbonyl (C=O) groups excluding carboxylic acids is 1. The predicted octanol–water partition coefficient (Wildman–Crippen LogP) is 2.39. The second-order valence-electron chi connectivity index (χ2n) is 6.46. The minimum absolute atomic E-state index is 0.0268. The largest absolute Gasteiger partial charge is 0.481 e. The number of hydrogen-bond donors (Lipinski definition) is 1. The Kier molecular flexibility index (Phi) is 3.42. The summed E-state index contributed by atoms with van der Waals surface area (Å²) in [6.45, 7) is 2.15. The van der Waals surface area contributed by atoms with Crippen molar-refractivity contribution in [2.24, 2.45) is 11.3 Å². The van der Waals surface area contributed by atoms with E-state index in [1.807, 2.05) is 0 Å². The molecule has 0 bridgehead atoms. The van der Waals surface area contributed by atoms with E-state index < -0.39 is 34.9 Å². The van der Waals surface area contributed by atoms with E-state index in [0.29, 0.717) is 19.4 Å². The van der Waals surface area contributed by atoms with Crippen molar-refractivity contribution in [2.75, 3.05) is 13.1 Å². The van der Waals surface area contributed by atoms with Crippen LogP contribution < -0.4 is 0 Å². The smallest absolute Gasteiger partial charge is 0.311 e. The molecule has 6 heteroatoms. The summed E-state index contributed by atoms with van der Waals surface area (Å²) in [6, 6.07) is 3.68. The first-order valence-electron chi connectivity index (χ1n) is 7.29. The lowest BCUT2D eigenvalue weighted by molar-refractivity contribution is -0.147. The summed E-state index contributed by atoms with van der Waals surface area (Å²) in [5, 5.41) is 9.19. The van der Waals surface area contributed by atoms with Crippen LogP contribution in [0.1, 0.15) is 31.2 Å². The Bertz CT molecular complexity index is 628. The van der Waals surface area contributed by atoms with Gasteiger partial charge < -0.3 is 10.0 Å². The second kappa shape index (κ2) is 5.04. The van der Waals surface area contributed by atoms with E-state index in [2.05, 4.69) is 0 Å². The van der Waals surface area contributed by atoms with Crippen molar-refractivity contribution in [1.82, 2.24) is 4.90 Å². The normalized spacial score (nSPS) is 30.4. The van der Waals surface area contributed by atoms with Gasteiger partial charge >= 0.3 is 5.97 Å². The highest BCUT2D eigenvalue weighted by Gasteiger charge is 2.51. The zero-order chi connectivity index (χ0) is 16.1. The fourth-order valence-corrected chi connectivity index (χ4v) is 3.21. The van der Waals surface area contributed by atoms with Gasteiger partial charge in [-0.15, -0.1) is 0 Å². The Morgan fingerprint density at radius 3 is 2.50 bits per heavy atom. The van der Waals surface area contributed by atoms with Crippen molar-refractivity contribution in [2.45, 2.75) is 25.7 Å². The molecule has 1 amide bonds. The second-order valence-corrected chi connectivity index (χ2v) is 6.46. The maximum absolute atomic E-state index is 13.7. The van der Waals surface area contributed by atoms with Crippen molar-refractivity contribution in [3.05, 3.63) is 35.4 Å². The maximum Gasteiger partial charge on any atom is 0.311 e. The molecule has 3 atom stereocenters. The summed E-state index contributed by atoms with van der Waals surface area (Å²) in [5.41, 5.74) is -0.954. The first kappa shape index (κ1) is 14.9. The van der Waals surface area contributed by atoms with Crippen LogP contribution in [0.4, 0.5) is 8.78 Å². The predicted molar refractivity (Wildman–Crippen MR) is 74.1 cm³/mol. The zero-order valence-corrected chi connectivity index (χ0v) is 12.2. The van der Waals surface area contributed by atoms with Gasteiger partial charge in [0.15, 0.2) is 0 Å². The van der Waals surface area contributed by atoms with Crippen molar-refractivity contribution >= 4 is 11.9 Å². The SMILES string of the molecule is CC1(C(=O)O)CCN(C(=O)C2CC2c2c(F)cccc2F)C1. The molecular formula is C16H17F2NO3. The number of rotatable bonds is 3. The molecule has 3 unspecified atom stereocenters. The molecule has 4 nitrogen and oxygen atoms in total. The van der Waals surface area contributed by atoms with Crippen LogP contribution in [-0.2, 0) is 9.59 Å². The highest BCUT2D eigenvalue weighted by Crippen LogP contribution is 2.50. The number of carboxylic acid groups (broad SMARTS) is 1. The molecule has 0 radical (unpaired) electrons. The van der Waals surface area contributed by atoms with Gasteiger partial charge in [-0.05, 0) is 31.9 Å². The Balaban J connectivity index is 1.71. The molecular weight excluding hydrogens is 292 g/mol. The first-order valence-corrected chi connectivity index (χ1v) is 7.29. The van der Waals surface area contributed by atoms with E-state index in [-0.39, 0.29) is 18.0 Å². The molecule has 1 saturated carbocycles. The number of aliphatic carboxylic acids is 1. The molecule has 1 aromatic rings. The van der Waals surface area contributed by atoms with Crippen LogP contribution in [0.2, 0.25) is 0 Å². The minimum Gasteiger partial charge on any atom is -0.481 e. The summed E-state index contributed by atoms with van der Waals surface area (Å²) in [7, 11) is 0. The van der Waals surface area contributed by atoms with E-state index in [0.717, 1.165) is 0 Å². The van der Waals surface area contributed by atoms with Gasteiger partial charge in [0.2, 0.25) is 5.91 Å². The number of amides is 1. The number of benzene rings is 1. The lowest BCUT2D eigenvalue weighted by Gasteiger charge is -2.20. The number of hydrogen-bond acceptors (Lipinski definition) is 2. The Labute approximate surface area is 126 Å². The van der Waals surface area contributed by atoms with Gasteiger partial charge in [0.1, 0.15) is 11.6 Å². The quantitative estimate of drug-likeness (QED) is 0.932. The summed E-state index contributed by atoms with van der Waals surface area (Å²) in [4.78, 5) is 25.1. The lowest BCUT2D eigenvalue weighted by Crippen LogP contribution is -2.35. The Morgan fingerprint density at radius 1 is 1.32 bits per heavy atom. The summed E-state index contributed by atoms with van der Waals surface area (Å²) in [5.74, 6) is -3.25. The maximum atomic E-state index is 13.7. The van der Waals surface area contributed by atoms with Crippen LogP contribution in [0.5, 0.6) is 0 Å². The fourth-order valence-electron chi connectivity index (χ4n) is 3.21.